The zero-order chi connectivity index (χ0) is 13.9. The molecule has 0 unspecified atom stereocenters. The molecule has 0 aliphatic carbocycles. The smallest absolute Gasteiger partial charge is 0.228 e. The lowest BCUT2D eigenvalue weighted by molar-refractivity contribution is -0.136. The fourth-order valence-electron chi connectivity index (χ4n) is 2.78. The third kappa shape index (κ3) is 4.16. The zero-order valence-electron chi connectivity index (χ0n) is 12.4. The first-order chi connectivity index (χ1) is 9.72. The Labute approximate surface area is 136 Å². The molecule has 0 atom stereocenters. The predicted octanol–water partition coefficient (Wildman–Crippen LogP) is 1.13. The molecule has 7 heteroatoms. The molecule has 1 aromatic heterocycles. The van der Waals surface area contributed by atoms with Gasteiger partial charge < -0.3 is 10.2 Å². The fraction of sp³-hybridized carbons (Fsp3) is 0.714. The number of carbonyl (C=O) groups is 1. The number of hydrogen-bond acceptors (Lipinski definition) is 5. The number of nitrogens with one attached hydrogen (secondary N) is 1. The number of rotatable bonds is 3. The van der Waals surface area contributed by atoms with Gasteiger partial charge in [-0.15, -0.1) is 23.7 Å². The molecule has 0 spiro atoms. The lowest BCUT2D eigenvalue weighted by Gasteiger charge is -2.31. The quantitative estimate of drug-likeness (QED) is 0.902. The summed E-state index contributed by atoms with van der Waals surface area (Å²) in [4.78, 5) is 21.3. The van der Waals surface area contributed by atoms with E-state index in [9.17, 15) is 4.79 Å². The Kier molecular flexibility index (Phi) is 5.98. The van der Waals surface area contributed by atoms with Crippen LogP contribution >= 0.6 is 23.7 Å². The molecular formula is C14H23ClN4OS. The van der Waals surface area contributed by atoms with Gasteiger partial charge >= 0.3 is 0 Å². The third-order valence-electron chi connectivity index (χ3n) is 4.08. The van der Waals surface area contributed by atoms with Crippen molar-refractivity contribution < 1.29 is 4.79 Å². The SMILES string of the molecule is Cc1nc(CN2CCCN(C(=O)C3CNC3)CC2)cs1.Cl. The zero-order valence-corrected chi connectivity index (χ0v) is 14.0. The van der Waals surface area contributed by atoms with Crippen LogP contribution in [0.25, 0.3) is 0 Å². The third-order valence-corrected chi connectivity index (χ3v) is 4.91. The van der Waals surface area contributed by atoms with E-state index in [1.165, 1.54) is 0 Å². The number of aromatic nitrogens is 1. The van der Waals surface area contributed by atoms with Gasteiger partial charge in [0.05, 0.1) is 16.6 Å². The van der Waals surface area contributed by atoms with Gasteiger partial charge in [0.25, 0.3) is 0 Å². The summed E-state index contributed by atoms with van der Waals surface area (Å²) in [5.74, 6) is 0.567. The van der Waals surface area contributed by atoms with Crippen molar-refractivity contribution in [3.05, 3.63) is 16.1 Å². The number of aryl methyl sites for hydroxylation is 1. The van der Waals surface area contributed by atoms with Crippen molar-refractivity contribution in [3.8, 4) is 0 Å². The highest BCUT2D eigenvalue weighted by Gasteiger charge is 2.30. The fourth-order valence-corrected chi connectivity index (χ4v) is 3.38. The second-order valence-electron chi connectivity index (χ2n) is 5.67. The van der Waals surface area contributed by atoms with Gasteiger partial charge in [0, 0.05) is 51.2 Å². The Morgan fingerprint density at radius 3 is 2.81 bits per heavy atom. The van der Waals surface area contributed by atoms with Crippen molar-refractivity contribution in [3.63, 3.8) is 0 Å². The second-order valence-corrected chi connectivity index (χ2v) is 6.73. The van der Waals surface area contributed by atoms with Gasteiger partial charge in [-0.1, -0.05) is 0 Å². The first kappa shape index (κ1) is 16.7. The molecule has 5 nitrogen and oxygen atoms in total. The van der Waals surface area contributed by atoms with E-state index in [1.807, 2.05) is 6.92 Å². The number of amides is 1. The molecule has 0 aromatic carbocycles. The molecule has 0 saturated carbocycles. The number of hydrogen-bond donors (Lipinski definition) is 1. The molecule has 2 saturated heterocycles. The Morgan fingerprint density at radius 1 is 1.38 bits per heavy atom. The van der Waals surface area contributed by atoms with Gasteiger partial charge in [-0.2, -0.15) is 0 Å². The topological polar surface area (TPSA) is 48.5 Å². The highest BCUT2D eigenvalue weighted by molar-refractivity contribution is 7.09. The largest absolute Gasteiger partial charge is 0.341 e. The normalized spacial score (nSPS) is 20.5. The lowest BCUT2D eigenvalue weighted by Crippen LogP contribution is -2.52. The lowest BCUT2D eigenvalue weighted by atomic mass is 10.0. The summed E-state index contributed by atoms with van der Waals surface area (Å²) in [6.45, 7) is 8.46. The monoisotopic (exact) mass is 330 g/mol. The van der Waals surface area contributed by atoms with Crippen molar-refractivity contribution in [1.82, 2.24) is 20.1 Å². The van der Waals surface area contributed by atoms with Gasteiger partial charge in [0.1, 0.15) is 0 Å². The summed E-state index contributed by atoms with van der Waals surface area (Å²) in [7, 11) is 0. The summed E-state index contributed by atoms with van der Waals surface area (Å²) >= 11 is 1.71. The molecule has 0 bridgehead atoms. The first-order valence-electron chi connectivity index (χ1n) is 7.35. The molecule has 1 amide bonds. The van der Waals surface area contributed by atoms with E-state index >= 15 is 0 Å². The Balaban J connectivity index is 0.00000161. The molecule has 3 rings (SSSR count). The van der Waals surface area contributed by atoms with Crippen molar-refractivity contribution in [2.45, 2.75) is 19.9 Å². The van der Waals surface area contributed by atoms with Crippen LogP contribution in [0.15, 0.2) is 5.38 Å². The average molecular weight is 331 g/mol. The maximum atomic E-state index is 12.3. The standard InChI is InChI=1S/C14H22N4OS.ClH/c1-11-16-13(10-20-11)9-17-3-2-4-18(6-5-17)14(19)12-7-15-8-12;/h10,12,15H,2-9H2,1H3;1H. The number of thiazole rings is 1. The Hall–Kier alpha value is -0.690. The van der Waals surface area contributed by atoms with Gasteiger partial charge in [-0.05, 0) is 13.3 Å². The minimum Gasteiger partial charge on any atom is -0.341 e. The van der Waals surface area contributed by atoms with Crippen LogP contribution in [0, 0.1) is 12.8 Å². The molecule has 1 N–H and O–H groups in total. The molecule has 2 fully saturated rings. The van der Waals surface area contributed by atoms with Crippen LogP contribution in [0.1, 0.15) is 17.1 Å². The van der Waals surface area contributed by atoms with Crippen LogP contribution in [0.5, 0.6) is 0 Å². The molecule has 21 heavy (non-hydrogen) atoms. The van der Waals surface area contributed by atoms with Crippen LogP contribution in [-0.2, 0) is 11.3 Å². The predicted molar refractivity (Wildman–Crippen MR) is 86.9 cm³/mol. The molecule has 118 valence electrons. The van der Waals surface area contributed by atoms with Crippen molar-refractivity contribution in [2.75, 3.05) is 39.3 Å². The maximum absolute atomic E-state index is 12.3. The van der Waals surface area contributed by atoms with E-state index in [0.717, 1.165) is 62.9 Å². The van der Waals surface area contributed by atoms with Gasteiger partial charge in [0.15, 0.2) is 0 Å². The van der Waals surface area contributed by atoms with E-state index in [-0.39, 0.29) is 18.3 Å². The summed E-state index contributed by atoms with van der Waals surface area (Å²) in [5.41, 5.74) is 1.16. The molecule has 3 heterocycles. The first-order valence-corrected chi connectivity index (χ1v) is 8.23. The van der Waals surface area contributed by atoms with E-state index in [0.29, 0.717) is 5.91 Å². The van der Waals surface area contributed by atoms with Crippen molar-refractivity contribution >= 4 is 29.7 Å². The summed E-state index contributed by atoms with van der Waals surface area (Å²) in [6.07, 6.45) is 1.06. The van der Waals surface area contributed by atoms with Gasteiger partial charge in [0.2, 0.25) is 5.91 Å². The highest BCUT2D eigenvalue weighted by atomic mass is 35.5. The molecule has 0 radical (unpaired) electrons. The molecule has 2 aliphatic rings. The summed E-state index contributed by atoms with van der Waals surface area (Å²) in [6, 6.07) is 0. The van der Waals surface area contributed by atoms with E-state index in [4.69, 9.17) is 0 Å². The minimum atomic E-state index is 0. The van der Waals surface area contributed by atoms with Crippen molar-refractivity contribution in [1.29, 1.82) is 0 Å². The van der Waals surface area contributed by atoms with Gasteiger partial charge in [-0.3, -0.25) is 9.69 Å². The molecule has 1 aromatic rings. The van der Waals surface area contributed by atoms with Crippen LogP contribution in [0.4, 0.5) is 0 Å². The van der Waals surface area contributed by atoms with Gasteiger partial charge in [-0.25, -0.2) is 4.98 Å². The molecule has 2 aliphatic heterocycles. The number of nitrogens with zero attached hydrogens (tertiary/aromatic N) is 3. The number of halogens is 1. The van der Waals surface area contributed by atoms with E-state index in [1.54, 1.807) is 11.3 Å². The highest BCUT2D eigenvalue weighted by Crippen LogP contribution is 2.14. The number of carbonyl (C=O) groups excluding carboxylic acids is 1. The van der Waals surface area contributed by atoms with Crippen LogP contribution in [-0.4, -0.2) is 60.0 Å². The molecular weight excluding hydrogens is 308 g/mol. The summed E-state index contributed by atoms with van der Waals surface area (Å²) < 4.78 is 0. The Bertz CT molecular complexity index is 477. The summed E-state index contributed by atoms with van der Waals surface area (Å²) in [5, 5.41) is 6.45. The van der Waals surface area contributed by atoms with Crippen LogP contribution < -0.4 is 5.32 Å². The van der Waals surface area contributed by atoms with E-state index in [2.05, 4.69) is 25.5 Å². The van der Waals surface area contributed by atoms with Crippen LogP contribution in [0.3, 0.4) is 0 Å². The van der Waals surface area contributed by atoms with Crippen molar-refractivity contribution in [2.24, 2.45) is 5.92 Å². The average Bonchev–Trinajstić information content (AvgIpc) is 2.62. The van der Waals surface area contributed by atoms with Crippen LogP contribution in [0.2, 0.25) is 0 Å². The second kappa shape index (κ2) is 7.54. The Morgan fingerprint density at radius 2 is 2.19 bits per heavy atom. The van der Waals surface area contributed by atoms with E-state index < -0.39 is 0 Å². The maximum Gasteiger partial charge on any atom is 0.228 e. The minimum absolute atomic E-state index is 0.